The number of nitrogens with one attached hydrogen (secondary N) is 2. The Bertz CT molecular complexity index is 1150. The molecule has 0 radical (unpaired) electrons. The number of pyridine rings is 1. The third kappa shape index (κ3) is 6.43. The van der Waals surface area contributed by atoms with Gasteiger partial charge in [0.2, 0.25) is 0 Å². The molecule has 2 atom stereocenters. The minimum absolute atomic E-state index is 0.0119. The van der Waals surface area contributed by atoms with Crippen molar-refractivity contribution in [3.8, 4) is 10.4 Å². The molecule has 2 aromatic heterocycles. The van der Waals surface area contributed by atoms with Crippen molar-refractivity contribution in [1.82, 2.24) is 20.2 Å². The van der Waals surface area contributed by atoms with E-state index in [1.807, 2.05) is 6.92 Å². The Balaban J connectivity index is 1.73. The largest absolute Gasteiger partial charge is 0.389 e. The Morgan fingerprint density at radius 1 is 1.30 bits per heavy atom. The smallest absolute Gasteiger partial charge is 0.280 e. The van der Waals surface area contributed by atoms with Gasteiger partial charge >= 0.3 is 0 Å². The summed E-state index contributed by atoms with van der Waals surface area (Å²) in [7, 11) is 0. The molecule has 2 fully saturated rings. The highest BCUT2D eigenvalue weighted by Gasteiger charge is 2.34. The van der Waals surface area contributed by atoms with Crippen LogP contribution in [-0.2, 0) is 0 Å². The van der Waals surface area contributed by atoms with Crippen LogP contribution in [0.5, 0.6) is 0 Å². The number of halogens is 2. The fraction of sp³-hybridized carbons (Fsp3) is 0.615. The zero-order valence-electron chi connectivity index (χ0n) is 21.7. The Labute approximate surface area is 219 Å². The maximum Gasteiger partial charge on any atom is 0.280 e. The van der Waals surface area contributed by atoms with Gasteiger partial charge in [-0.1, -0.05) is 6.92 Å². The molecule has 2 aliphatic rings. The van der Waals surface area contributed by atoms with E-state index in [4.69, 9.17) is 0 Å². The summed E-state index contributed by atoms with van der Waals surface area (Å²) in [5, 5.41) is 15.8. The summed E-state index contributed by atoms with van der Waals surface area (Å²) in [6.07, 6.45) is 3.31. The summed E-state index contributed by atoms with van der Waals surface area (Å²) in [4.78, 5) is 36.9. The Morgan fingerprint density at radius 3 is 2.59 bits per heavy atom. The average molecular weight is 536 g/mol. The van der Waals surface area contributed by atoms with Gasteiger partial charge in [-0.2, -0.15) is 0 Å². The second-order valence-electron chi connectivity index (χ2n) is 10.6. The number of alkyl halides is 2. The van der Waals surface area contributed by atoms with Crippen LogP contribution in [0.25, 0.3) is 10.4 Å². The van der Waals surface area contributed by atoms with Crippen LogP contribution >= 0.6 is 11.3 Å². The van der Waals surface area contributed by atoms with E-state index in [-0.39, 0.29) is 51.2 Å². The number of thiazole rings is 1. The van der Waals surface area contributed by atoms with E-state index in [0.717, 1.165) is 43.4 Å². The third-order valence-electron chi connectivity index (χ3n) is 6.90. The fourth-order valence-corrected chi connectivity index (χ4v) is 5.66. The van der Waals surface area contributed by atoms with Crippen molar-refractivity contribution < 1.29 is 23.5 Å². The van der Waals surface area contributed by atoms with Crippen LogP contribution in [0.15, 0.2) is 12.3 Å². The molecular weight excluding hydrogens is 500 g/mol. The number of carbonyl (C=O) groups excluding carboxylic acids is 2. The highest BCUT2D eigenvalue weighted by atomic mass is 32.1. The van der Waals surface area contributed by atoms with E-state index >= 15 is 0 Å². The average Bonchev–Trinajstić information content (AvgIpc) is 3.44. The molecule has 3 heterocycles. The monoisotopic (exact) mass is 535 g/mol. The summed E-state index contributed by atoms with van der Waals surface area (Å²) in [6.45, 7) is 7.60. The van der Waals surface area contributed by atoms with E-state index < -0.39 is 17.9 Å². The number of hydrogen-bond donors (Lipinski definition) is 3. The van der Waals surface area contributed by atoms with Crippen molar-refractivity contribution in [2.24, 2.45) is 5.92 Å². The number of likely N-dealkylation sites (tertiary alicyclic amines) is 1. The first-order chi connectivity index (χ1) is 17.5. The minimum atomic E-state index is -2.82. The second-order valence-corrected chi connectivity index (χ2v) is 11.6. The van der Waals surface area contributed by atoms with Crippen molar-refractivity contribution in [3.05, 3.63) is 28.5 Å². The van der Waals surface area contributed by atoms with Gasteiger partial charge in [-0.3, -0.25) is 9.59 Å². The van der Waals surface area contributed by atoms with Crippen molar-refractivity contribution in [2.45, 2.75) is 83.9 Å². The Hall–Kier alpha value is -2.66. The van der Waals surface area contributed by atoms with Gasteiger partial charge in [-0.15, -0.1) is 11.3 Å². The highest BCUT2D eigenvalue weighted by molar-refractivity contribution is 7.17. The standard InChI is InChI=1S/C26H35F2N5O3S/c1-5-18(15-8-9-15)31-19-11-16(22(27)28)17(12-29-19)21-20(25(35)33-10-6-7-14(33)2)32-24(37-21)23(34)30-13-26(3,4)36/h11-12,14-15,18,22,36H,5-10,13H2,1-4H3,(H,29,31)(H,30,34)/t14-,18+/m0/s1. The molecule has 2 amide bonds. The number of amides is 2. The topological polar surface area (TPSA) is 107 Å². The van der Waals surface area contributed by atoms with Crippen molar-refractivity contribution in [3.63, 3.8) is 0 Å². The Kier molecular flexibility index (Phi) is 8.13. The van der Waals surface area contributed by atoms with Gasteiger partial charge in [0, 0.05) is 42.5 Å². The van der Waals surface area contributed by atoms with Gasteiger partial charge in [-0.25, -0.2) is 18.7 Å². The van der Waals surface area contributed by atoms with Crippen LogP contribution < -0.4 is 10.6 Å². The number of rotatable bonds is 10. The number of carbonyl (C=O) groups is 2. The summed E-state index contributed by atoms with van der Waals surface area (Å²) < 4.78 is 28.6. The van der Waals surface area contributed by atoms with Crippen LogP contribution in [0.4, 0.5) is 14.6 Å². The Morgan fingerprint density at radius 2 is 2.03 bits per heavy atom. The zero-order chi connectivity index (χ0) is 26.9. The normalized spacial score (nSPS) is 18.8. The molecule has 1 aliphatic heterocycles. The van der Waals surface area contributed by atoms with Gasteiger partial charge in [0.25, 0.3) is 18.2 Å². The van der Waals surface area contributed by atoms with Crippen molar-refractivity contribution >= 4 is 29.0 Å². The molecular formula is C26H35F2N5O3S. The molecule has 0 unspecified atom stereocenters. The van der Waals surface area contributed by atoms with Crippen LogP contribution in [-0.4, -0.2) is 62.6 Å². The molecule has 0 spiro atoms. The number of hydrogen-bond acceptors (Lipinski definition) is 7. The van der Waals surface area contributed by atoms with Crippen LogP contribution in [0.1, 0.15) is 92.1 Å². The van der Waals surface area contributed by atoms with E-state index in [1.165, 1.54) is 12.3 Å². The van der Waals surface area contributed by atoms with E-state index in [9.17, 15) is 23.5 Å². The molecule has 8 nitrogen and oxygen atoms in total. The van der Waals surface area contributed by atoms with Crippen LogP contribution in [0, 0.1) is 5.92 Å². The van der Waals surface area contributed by atoms with Crippen LogP contribution in [0.2, 0.25) is 0 Å². The summed E-state index contributed by atoms with van der Waals surface area (Å²) in [5.74, 6) is -0.0759. The quantitative estimate of drug-likeness (QED) is 0.401. The molecule has 1 saturated heterocycles. The van der Waals surface area contributed by atoms with Gasteiger partial charge in [0.1, 0.15) is 11.5 Å². The zero-order valence-corrected chi connectivity index (χ0v) is 22.5. The molecule has 0 bridgehead atoms. The lowest BCUT2D eigenvalue weighted by atomic mass is 10.1. The van der Waals surface area contributed by atoms with Gasteiger partial charge in [0.05, 0.1) is 10.5 Å². The first-order valence-electron chi connectivity index (χ1n) is 12.9. The number of aliphatic hydroxyl groups is 1. The predicted octanol–water partition coefficient (Wildman–Crippen LogP) is 4.87. The van der Waals surface area contributed by atoms with Gasteiger partial charge < -0.3 is 20.6 Å². The third-order valence-corrected chi connectivity index (χ3v) is 7.99. The molecule has 0 aromatic carbocycles. The second kappa shape index (κ2) is 11.0. The molecule has 11 heteroatoms. The SMILES string of the molecule is CC[C@@H](Nc1cc(C(F)F)c(-c2sc(C(=O)NCC(C)(C)O)nc2C(=O)N2CCC[C@@H]2C)cn1)C1CC1. The predicted molar refractivity (Wildman–Crippen MR) is 139 cm³/mol. The van der Waals surface area contributed by atoms with Gasteiger partial charge in [-0.05, 0) is 64.9 Å². The number of anilines is 1. The van der Waals surface area contributed by atoms with Crippen molar-refractivity contribution in [2.75, 3.05) is 18.4 Å². The lowest BCUT2D eigenvalue weighted by molar-refractivity contribution is 0.0692. The lowest BCUT2D eigenvalue weighted by Crippen LogP contribution is -2.38. The molecule has 202 valence electrons. The lowest BCUT2D eigenvalue weighted by Gasteiger charge is -2.21. The van der Waals surface area contributed by atoms with E-state index in [2.05, 4.69) is 27.5 Å². The highest BCUT2D eigenvalue weighted by Crippen LogP contribution is 2.40. The first kappa shape index (κ1) is 27.4. The minimum Gasteiger partial charge on any atom is -0.389 e. The van der Waals surface area contributed by atoms with E-state index in [0.29, 0.717) is 18.3 Å². The van der Waals surface area contributed by atoms with Crippen molar-refractivity contribution in [1.29, 1.82) is 0 Å². The number of nitrogens with zero attached hydrogens (tertiary/aromatic N) is 3. The van der Waals surface area contributed by atoms with Crippen LogP contribution in [0.3, 0.4) is 0 Å². The van der Waals surface area contributed by atoms with Gasteiger partial charge in [0.15, 0.2) is 5.01 Å². The summed E-state index contributed by atoms with van der Waals surface area (Å²) in [6, 6.07) is 1.50. The summed E-state index contributed by atoms with van der Waals surface area (Å²) >= 11 is 0.884. The maximum atomic E-state index is 14.3. The molecule has 3 N–H and O–H groups in total. The molecule has 2 aromatic rings. The molecule has 1 saturated carbocycles. The molecule has 37 heavy (non-hydrogen) atoms. The number of aromatic nitrogens is 2. The fourth-order valence-electron chi connectivity index (χ4n) is 4.65. The summed E-state index contributed by atoms with van der Waals surface area (Å²) in [5.41, 5.74) is -1.35. The van der Waals surface area contributed by atoms with E-state index in [1.54, 1.807) is 18.7 Å². The maximum absolute atomic E-state index is 14.3. The molecule has 1 aliphatic carbocycles. The first-order valence-corrected chi connectivity index (χ1v) is 13.7. The molecule has 4 rings (SSSR count).